The van der Waals surface area contributed by atoms with Gasteiger partial charge >= 0.3 is 0 Å². The number of hydrogen-bond acceptors (Lipinski definition) is 3. The highest BCUT2D eigenvalue weighted by Gasteiger charge is 2.42. The first-order chi connectivity index (χ1) is 9.69. The zero-order valence-corrected chi connectivity index (χ0v) is 13.6. The Morgan fingerprint density at radius 2 is 1.50 bits per heavy atom. The summed E-state index contributed by atoms with van der Waals surface area (Å²) in [6, 6.07) is 0. The lowest BCUT2D eigenvalue weighted by atomic mass is 9.96. The molecular formula is C17H33N3. The van der Waals surface area contributed by atoms with E-state index in [9.17, 15) is 0 Å². The molecule has 2 heterocycles. The van der Waals surface area contributed by atoms with Crippen LogP contribution in [0.5, 0.6) is 0 Å². The molecule has 0 spiro atoms. The van der Waals surface area contributed by atoms with Gasteiger partial charge in [-0.1, -0.05) is 6.92 Å². The molecule has 1 aliphatic carbocycles. The van der Waals surface area contributed by atoms with Crippen LogP contribution in [0.15, 0.2) is 0 Å². The van der Waals surface area contributed by atoms with Crippen molar-refractivity contribution >= 4 is 0 Å². The molecule has 0 bridgehead atoms. The maximum atomic E-state index is 2.74. The first kappa shape index (κ1) is 14.8. The van der Waals surface area contributed by atoms with Crippen molar-refractivity contribution < 1.29 is 0 Å². The fourth-order valence-electron chi connectivity index (χ4n) is 4.01. The number of piperidine rings is 1. The zero-order valence-electron chi connectivity index (χ0n) is 13.6. The summed E-state index contributed by atoms with van der Waals surface area (Å²) in [5.74, 6) is 0.961. The molecule has 3 rings (SSSR count). The van der Waals surface area contributed by atoms with Crippen LogP contribution in [-0.4, -0.2) is 74.1 Å². The maximum Gasteiger partial charge on any atom is 0.0110 e. The molecule has 0 atom stereocenters. The Kier molecular flexibility index (Phi) is 4.68. The third-order valence-electron chi connectivity index (χ3n) is 6.09. The molecule has 20 heavy (non-hydrogen) atoms. The van der Waals surface area contributed by atoms with Crippen molar-refractivity contribution in [2.24, 2.45) is 11.3 Å². The van der Waals surface area contributed by atoms with Crippen LogP contribution in [0.4, 0.5) is 0 Å². The number of hydrogen-bond donors (Lipinski definition) is 0. The van der Waals surface area contributed by atoms with Crippen LogP contribution in [0.2, 0.25) is 0 Å². The summed E-state index contributed by atoms with van der Waals surface area (Å²) in [7, 11) is 2.26. The largest absolute Gasteiger partial charge is 0.306 e. The molecule has 0 aromatic heterocycles. The number of nitrogens with zero attached hydrogens (tertiary/aromatic N) is 3. The van der Waals surface area contributed by atoms with Crippen LogP contribution in [-0.2, 0) is 0 Å². The minimum absolute atomic E-state index is 0.732. The normalized spacial score (nSPS) is 29.7. The molecule has 2 saturated heterocycles. The van der Waals surface area contributed by atoms with Gasteiger partial charge in [-0.2, -0.15) is 0 Å². The van der Waals surface area contributed by atoms with E-state index in [1.54, 1.807) is 0 Å². The molecule has 0 aromatic rings. The smallest absolute Gasteiger partial charge is 0.0110 e. The summed E-state index contributed by atoms with van der Waals surface area (Å²) in [6.45, 7) is 13.0. The first-order valence-electron chi connectivity index (χ1n) is 8.82. The molecule has 1 saturated carbocycles. The fourth-order valence-corrected chi connectivity index (χ4v) is 4.01. The van der Waals surface area contributed by atoms with E-state index in [0.29, 0.717) is 0 Å². The molecule has 3 fully saturated rings. The van der Waals surface area contributed by atoms with E-state index >= 15 is 0 Å². The minimum Gasteiger partial charge on any atom is -0.306 e. The van der Waals surface area contributed by atoms with E-state index in [2.05, 4.69) is 28.7 Å². The molecule has 116 valence electrons. The average molecular weight is 279 g/mol. The molecule has 3 nitrogen and oxygen atoms in total. The van der Waals surface area contributed by atoms with Crippen molar-refractivity contribution in [1.82, 2.24) is 14.7 Å². The average Bonchev–Trinajstić information content (AvgIpc) is 3.24. The van der Waals surface area contributed by atoms with Crippen molar-refractivity contribution in [3.8, 4) is 0 Å². The molecule has 2 aliphatic heterocycles. The SMILES string of the molecule is CCC1(CN2CCN(CC3CCN(C)CC3)CC2)CC1. The highest BCUT2D eigenvalue weighted by atomic mass is 15.3. The molecular weight excluding hydrogens is 246 g/mol. The Balaban J connectivity index is 1.36. The van der Waals surface area contributed by atoms with Crippen molar-refractivity contribution in [2.45, 2.75) is 39.0 Å². The van der Waals surface area contributed by atoms with E-state index in [1.807, 2.05) is 0 Å². The van der Waals surface area contributed by atoms with Gasteiger partial charge in [0.25, 0.3) is 0 Å². The van der Waals surface area contributed by atoms with Gasteiger partial charge in [-0.3, -0.25) is 0 Å². The Morgan fingerprint density at radius 1 is 0.900 bits per heavy atom. The molecule has 3 aliphatic rings. The lowest BCUT2D eigenvalue weighted by Crippen LogP contribution is -2.49. The van der Waals surface area contributed by atoms with Gasteiger partial charge in [-0.05, 0) is 63.6 Å². The van der Waals surface area contributed by atoms with Crippen molar-refractivity contribution in [3.63, 3.8) is 0 Å². The topological polar surface area (TPSA) is 9.72 Å². The van der Waals surface area contributed by atoms with E-state index in [0.717, 1.165) is 11.3 Å². The molecule has 3 heteroatoms. The van der Waals surface area contributed by atoms with E-state index < -0.39 is 0 Å². The van der Waals surface area contributed by atoms with Gasteiger partial charge in [-0.25, -0.2) is 0 Å². The lowest BCUT2D eigenvalue weighted by Gasteiger charge is -2.39. The van der Waals surface area contributed by atoms with Crippen LogP contribution < -0.4 is 0 Å². The highest BCUT2D eigenvalue weighted by Crippen LogP contribution is 2.49. The number of rotatable bonds is 5. The zero-order chi connectivity index (χ0) is 14.0. The molecule has 0 unspecified atom stereocenters. The standard InChI is InChI=1S/C17H33N3/c1-3-17(6-7-17)15-20-12-10-19(11-13-20)14-16-4-8-18(2)9-5-16/h16H,3-15H2,1-2H3. The minimum atomic E-state index is 0.732. The van der Waals surface area contributed by atoms with Crippen LogP contribution in [0.3, 0.4) is 0 Å². The van der Waals surface area contributed by atoms with Crippen LogP contribution >= 0.6 is 0 Å². The van der Waals surface area contributed by atoms with E-state index in [-0.39, 0.29) is 0 Å². The fraction of sp³-hybridized carbons (Fsp3) is 1.00. The number of piperazine rings is 1. The second kappa shape index (κ2) is 6.33. The van der Waals surface area contributed by atoms with Gasteiger partial charge in [0.05, 0.1) is 0 Å². The predicted molar refractivity (Wildman–Crippen MR) is 85.1 cm³/mol. The Labute approximate surface area is 125 Å². The van der Waals surface area contributed by atoms with Gasteiger partial charge in [0.2, 0.25) is 0 Å². The van der Waals surface area contributed by atoms with Crippen molar-refractivity contribution in [1.29, 1.82) is 0 Å². The monoisotopic (exact) mass is 279 g/mol. The summed E-state index contributed by atoms with van der Waals surface area (Å²) in [5, 5.41) is 0. The number of likely N-dealkylation sites (tertiary alicyclic amines) is 1. The summed E-state index contributed by atoms with van der Waals surface area (Å²) < 4.78 is 0. The quantitative estimate of drug-likeness (QED) is 0.763. The highest BCUT2D eigenvalue weighted by molar-refractivity contribution is 4.95. The summed E-state index contributed by atoms with van der Waals surface area (Å²) >= 11 is 0. The summed E-state index contributed by atoms with van der Waals surface area (Å²) in [6.07, 6.45) is 7.19. The Bertz CT molecular complexity index is 297. The first-order valence-corrected chi connectivity index (χ1v) is 8.82. The van der Waals surface area contributed by atoms with Gasteiger partial charge in [0.1, 0.15) is 0 Å². The predicted octanol–water partition coefficient (Wildman–Crippen LogP) is 2.14. The van der Waals surface area contributed by atoms with Crippen LogP contribution in [0.1, 0.15) is 39.0 Å². The summed E-state index contributed by atoms with van der Waals surface area (Å²) in [4.78, 5) is 7.95. The maximum absolute atomic E-state index is 2.74. The van der Waals surface area contributed by atoms with E-state index in [4.69, 9.17) is 0 Å². The third kappa shape index (κ3) is 3.75. The lowest BCUT2D eigenvalue weighted by molar-refractivity contribution is 0.0875. The van der Waals surface area contributed by atoms with E-state index in [1.165, 1.54) is 84.5 Å². The van der Waals surface area contributed by atoms with Gasteiger partial charge in [0, 0.05) is 39.3 Å². The van der Waals surface area contributed by atoms with Crippen molar-refractivity contribution in [2.75, 3.05) is 59.4 Å². The third-order valence-corrected chi connectivity index (χ3v) is 6.09. The van der Waals surface area contributed by atoms with Gasteiger partial charge in [-0.15, -0.1) is 0 Å². The second-order valence-electron chi connectivity index (χ2n) is 7.68. The van der Waals surface area contributed by atoms with Gasteiger partial charge < -0.3 is 14.7 Å². The molecule has 0 aromatic carbocycles. The van der Waals surface area contributed by atoms with Crippen LogP contribution in [0, 0.1) is 11.3 Å². The second-order valence-corrected chi connectivity index (χ2v) is 7.68. The summed E-state index contributed by atoms with van der Waals surface area (Å²) in [5.41, 5.74) is 0.732. The Hall–Kier alpha value is -0.120. The molecule has 0 radical (unpaired) electrons. The van der Waals surface area contributed by atoms with Crippen LogP contribution in [0.25, 0.3) is 0 Å². The van der Waals surface area contributed by atoms with Gasteiger partial charge in [0.15, 0.2) is 0 Å². The Morgan fingerprint density at radius 3 is 2.05 bits per heavy atom. The molecule has 0 N–H and O–H groups in total. The van der Waals surface area contributed by atoms with Crippen molar-refractivity contribution in [3.05, 3.63) is 0 Å². The molecule has 0 amide bonds.